The summed E-state index contributed by atoms with van der Waals surface area (Å²) in [5.41, 5.74) is 2.11. The Hall–Kier alpha value is -2.54. The Kier molecular flexibility index (Phi) is 4.31. The molecule has 0 spiro atoms. The summed E-state index contributed by atoms with van der Waals surface area (Å²) in [6.45, 7) is 1.92. The average Bonchev–Trinajstić information content (AvgIpc) is 3.35. The SMILES string of the molecule is Cn1cc(CN2C[C@@H](CF)[C@H](c3nc(-c4ccccc4)n[nH]3)C2)cn1. The van der Waals surface area contributed by atoms with Gasteiger partial charge in [-0.1, -0.05) is 30.3 Å². The van der Waals surface area contributed by atoms with E-state index in [4.69, 9.17) is 0 Å². The Morgan fingerprint density at radius 2 is 2.08 bits per heavy atom. The highest BCUT2D eigenvalue weighted by Gasteiger charge is 2.36. The van der Waals surface area contributed by atoms with Crippen LogP contribution in [0.25, 0.3) is 11.4 Å². The van der Waals surface area contributed by atoms with Gasteiger partial charge in [0.1, 0.15) is 5.82 Å². The van der Waals surface area contributed by atoms with Gasteiger partial charge in [0.25, 0.3) is 0 Å². The number of aryl methyl sites for hydroxylation is 1. The molecule has 0 amide bonds. The number of aromatic amines is 1. The fourth-order valence-corrected chi connectivity index (χ4v) is 3.52. The topological polar surface area (TPSA) is 62.6 Å². The molecule has 3 heterocycles. The molecule has 1 N–H and O–H groups in total. The monoisotopic (exact) mass is 340 g/mol. The average molecular weight is 340 g/mol. The molecule has 2 atom stereocenters. The van der Waals surface area contributed by atoms with Gasteiger partial charge in [-0.15, -0.1) is 0 Å². The van der Waals surface area contributed by atoms with E-state index in [1.54, 1.807) is 4.68 Å². The van der Waals surface area contributed by atoms with E-state index in [-0.39, 0.29) is 18.5 Å². The molecule has 3 aromatic rings. The van der Waals surface area contributed by atoms with Gasteiger partial charge in [-0.3, -0.25) is 19.1 Å². The van der Waals surface area contributed by atoms with E-state index in [1.165, 1.54) is 0 Å². The Morgan fingerprint density at radius 3 is 2.80 bits per heavy atom. The van der Waals surface area contributed by atoms with Gasteiger partial charge >= 0.3 is 0 Å². The lowest BCUT2D eigenvalue weighted by molar-refractivity contribution is 0.295. The maximum atomic E-state index is 13.6. The van der Waals surface area contributed by atoms with Crippen LogP contribution in [0.4, 0.5) is 4.39 Å². The van der Waals surface area contributed by atoms with Gasteiger partial charge < -0.3 is 0 Å². The van der Waals surface area contributed by atoms with E-state index in [0.29, 0.717) is 5.82 Å². The molecule has 7 heteroatoms. The van der Waals surface area contributed by atoms with Crippen LogP contribution in [0.1, 0.15) is 17.3 Å². The summed E-state index contributed by atoms with van der Waals surface area (Å²) in [6, 6.07) is 9.83. The summed E-state index contributed by atoms with van der Waals surface area (Å²) in [4.78, 5) is 6.89. The van der Waals surface area contributed by atoms with Crippen LogP contribution in [-0.4, -0.2) is 49.6 Å². The summed E-state index contributed by atoms with van der Waals surface area (Å²) in [5, 5.41) is 11.5. The highest BCUT2D eigenvalue weighted by molar-refractivity contribution is 5.53. The first-order valence-corrected chi connectivity index (χ1v) is 8.46. The Morgan fingerprint density at radius 1 is 1.24 bits per heavy atom. The molecule has 1 aliphatic heterocycles. The lowest BCUT2D eigenvalue weighted by atomic mass is 9.97. The van der Waals surface area contributed by atoms with Crippen LogP contribution in [-0.2, 0) is 13.6 Å². The number of hydrogen-bond donors (Lipinski definition) is 1. The zero-order chi connectivity index (χ0) is 17.2. The van der Waals surface area contributed by atoms with Gasteiger partial charge in [0.2, 0.25) is 0 Å². The van der Waals surface area contributed by atoms with Crippen LogP contribution in [0.2, 0.25) is 0 Å². The predicted octanol–water partition coefficient (Wildman–Crippen LogP) is 2.39. The van der Waals surface area contributed by atoms with Crippen molar-refractivity contribution < 1.29 is 4.39 Å². The molecule has 130 valence electrons. The van der Waals surface area contributed by atoms with E-state index in [9.17, 15) is 4.39 Å². The normalized spacial score (nSPS) is 21.0. The number of H-pyrrole nitrogens is 1. The van der Waals surface area contributed by atoms with Crippen molar-refractivity contribution in [1.82, 2.24) is 29.9 Å². The van der Waals surface area contributed by atoms with Crippen LogP contribution in [0.5, 0.6) is 0 Å². The lowest BCUT2D eigenvalue weighted by Crippen LogP contribution is -2.20. The lowest BCUT2D eigenvalue weighted by Gasteiger charge is -2.13. The predicted molar refractivity (Wildman–Crippen MR) is 92.5 cm³/mol. The molecule has 4 rings (SSSR count). The summed E-state index contributed by atoms with van der Waals surface area (Å²) in [7, 11) is 1.90. The Labute approximate surface area is 145 Å². The molecule has 1 aliphatic rings. The van der Waals surface area contributed by atoms with Gasteiger partial charge in [-0.2, -0.15) is 10.2 Å². The van der Waals surface area contributed by atoms with Crippen molar-refractivity contribution in [2.24, 2.45) is 13.0 Å². The minimum absolute atomic E-state index is 0.0339. The maximum absolute atomic E-state index is 13.6. The molecule has 1 saturated heterocycles. The zero-order valence-corrected chi connectivity index (χ0v) is 14.1. The van der Waals surface area contributed by atoms with Crippen LogP contribution in [0.3, 0.4) is 0 Å². The van der Waals surface area contributed by atoms with Crippen LogP contribution < -0.4 is 0 Å². The minimum Gasteiger partial charge on any atom is -0.298 e. The largest absolute Gasteiger partial charge is 0.298 e. The van der Waals surface area contributed by atoms with Gasteiger partial charge in [0, 0.05) is 55.8 Å². The third-order valence-corrected chi connectivity index (χ3v) is 4.77. The number of nitrogens with one attached hydrogen (secondary N) is 1. The summed E-state index contributed by atoms with van der Waals surface area (Å²) in [5.74, 6) is 1.41. The molecule has 0 radical (unpaired) electrons. The van der Waals surface area contributed by atoms with Crippen molar-refractivity contribution in [3.05, 3.63) is 54.1 Å². The highest BCUT2D eigenvalue weighted by atomic mass is 19.1. The second kappa shape index (κ2) is 6.76. The number of likely N-dealkylation sites (tertiary alicyclic amines) is 1. The van der Waals surface area contributed by atoms with Gasteiger partial charge in [0.05, 0.1) is 12.9 Å². The van der Waals surface area contributed by atoms with E-state index < -0.39 is 0 Å². The standard InChI is InChI=1S/C18H21FN6/c1-24-9-13(8-20-24)10-25-11-15(7-19)16(12-25)18-21-17(22-23-18)14-5-3-2-4-6-14/h2-6,8-9,15-16H,7,10-12H2,1H3,(H,21,22,23)/t15-,16-/m1/s1. The van der Waals surface area contributed by atoms with Crippen molar-refractivity contribution in [3.63, 3.8) is 0 Å². The van der Waals surface area contributed by atoms with E-state index in [1.807, 2.05) is 49.8 Å². The molecule has 25 heavy (non-hydrogen) atoms. The van der Waals surface area contributed by atoms with Crippen LogP contribution in [0, 0.1) is 5.92 Å². The molecule has 1 fully saturated rings. The minimum atomic E-state index is -0.352. The van der Waals surface area contributed by atoms with Gasteiger partial charge in [-0.05, 0) is 0 Å². The number of hydrogen-bond acceptors (Lipinski definition) is 4. The summed E-state index contributed by atoms with van der Waals surface area (Å²) >= 11 is 0. The molecule has 0 bridgehead atoms. The fraction of sp³-hybridized carbons (Fsp3) is 0.389. The molecule has 6 nitrogen and oxygen atoms in total. The summed E-state index contributed by atoms with van der Waals surface area (Å²) in [6.07, 6.45) is 3.86. The number of halogens is 1. The van der Waals surface area contributed by atoms with Crippen molar-refractivity contribution in [3.8, 4) is 11.4 Å². The number of benzene rings is 1. The number of nitrogens with zero attached hydrogens (tertiary/aromatic N) is 5. The third kappa shape index (κ3) is 3.32. The third-order valence-electron chi connectivity index (χ3n) is 4.77. The number of alkyl halides is 1. The zero-order valence-electron chi connectivity index (χ0n) is 14.1. The molecule has 0 unspecified atom stereocenters. The van der Waals surface area contributed by atoms with Gasteiger partial charge in [0.15, 0.2) is 5.82 Å². The Bertz CT molecular complexity index is 827. The first-order valence-electron chi connectivity index (χ1n) is 8.46. The molecule has 0 aliphatic carbocycles. The Balaban J connectivity index is 1.50. The van der Waals surface area contributed by atoms with Crippen LogP contribution in [0.15, 0.2) is 42.7 Å². The molecular weight excluding hydrogens is 319 g/mol. The van der Waals surface area contributed by atoms with Crippen molar-refractivity contribution in [2.45, 2.75) is 12.5 Å². The molecule has 2 aromatic heterocycles. The second-order valence-electron chi connectivity index (χ2n) is 6.65. The highest BCUT2D eigenvalue weighted by Crippen LogP contribution is 2.32. The molecular formula is C18H21FN6. The van der Waals surface area contributed by atoms with E-state index >= 15 is 0 Å². The smallest absolute Gasteiger partial charge is 0.181 e. The van der Waals surface area contributed by atoms with Crippen molar-refractivity contribution in [2.75, 3.05) is 19.8 Å². The number of rotatable bonds is 5. The fourth-order valence-electron chi connectivity index (χ4n) is 3.52. The quantitative estimate of drug-likeness (QED) is 0.775. The van der Waals surface area contributed by atoms with E-state index in [2.05, 4.69) is 25.2 Å². The second-order valence-corrected chi connectivity index (χ2v) is 6.65. The first kappa shape index (κ1) is 16.0. The van der Waals surface area contributed by atoms with E-state index in [0.717, 1.165) is 36.6 Å². The first-order chi connectivity index (χ1) is 12.2. The van der Waals surface area contributed by atoms with Crippen molar-refractivity contribution >= 4 is 0 Å². The summed E-state index contributed by atoms with van der Waals surface area (Å²) < 4.78 is 15.4. The maximum Gasteiger partial charge on any atom is 0.181 e. The number of aromatic nitrogens is 5. The van der Waals surface area contributed by atoms with Crippen molar-refractivity contribution in [1.29, 1.82) is 0 Å². The van der Waals surface area contributed by atoms with Gasteiger partial charge in [-0.25, -0.2) is 4.98 Å². The van der Waals surface area contributed by atoms with Crippen LogP contribution >= 0.6 is 0 Å². The molecule has 0 saturated carbocycles. The molecule has 1 aromatic carbocycles.